The summed E-state index contributed by atoms with van der Waals surface area (Å²) in [6.07, 6.45) is 0. The van der Waals surface area contributed by atoms with E-state index < -0.39 is 20.7 Å². The van der Waals surface area contributed by atoms with Crippen molar-refractivity contribution in [1.82, 2.24) is 0 Å². The summed E-state index contributed by atoms with van der Waals surface area (Å²) < 4.78 is 45.8. The molecular weight excluding hydrogens is 363 g/mol. The Bertz CT molecular complexity index is 781. The summed E-state index contributed by atoms with van der Waals surface area (Å²) in [4.78, 5) is -0.457. The monoisotopic (exact) mass is 374 g/mol. The number of hydrogen-bond acceptors (Lipinski definition) is 4. The molecule has 0 atom stereocenters. The molecule has 0 unspecified atom stereocenters. The standard InChI is InChI=1S/C13H12BrFN2O3S/c1-20-9-3-4-12(11(16)7-9)17-21(18,19)13-5-2-8(14)6-10(13)15/h2-7,17H,16H2,1H3. The number of hydrogen-bond donors (Lipinski definition) is 2. The van der Waals surface area contributed by atoms with Gasteiger partial charge in [-0.15, -0.1) is 0 Å². The normalized spacial score (nSPS) is 11.2. The summed E-state index contributed by atoms with van der Waals surface area (Å²) in [6, 6.07) is 8.15. The molecule has 2 aromatic carbocycles. The van der Waals surface area contributed by atoms with Gasteiger partial charge in [-0.2, -0.15) is 0 Å². The highest BCUT2D eigenvalue weighted by atomic mass is 79.9. The smallest absolute Gasteiger partial charge is 0.264 e. The number of nitrogens with one attached hydrogen (secondary N) is 1. The molecule has 0 spiro atoms. The Kier molecular flexibility index (Phi) is 4.38. The first-order chi connectivity index (χ1) is 9.83. The molecule has 112 valence electrons. The number of halogens is 2. The number of ether oxygens (including phenoxy) is 1. The van der Waals surface area contributed by atoms with Crippen LogP contribution in [-0.2, 0) is 10.0 Å². The van der Waals surface area contributed by atoms with E-state index in [2.05, 4.69) is 20.7 Å². The zero-order chi connectivity index (χ0) is 15.6. The highest BCUT2D eigenvalue weighted by Gasteiger charge is 2.20. The summed E-state index contributed by atoms with van der Waals surface area (Å²) in [6.45, 7) is 0. The van der Waals surface area contributed by atoms with Crippen LogP contribution in [0.2, 0.25) is 0 Å². The largest absolute Gasteiger partial charge is 0.497 e. The number of sulfonamides is 1. The third kappa shape index (κ3) is 3.45. The first-order valence-corrected chi connectivity index (χ1v) is 8.02. The van der Waals surface area contributed by atoms with Crippen LogP contribution in [-0.4, -0.2) is 15.5 Å². The number of nitrogen functional groups attached to an aromatic ring is 1. The van der Waals surface area contributed by atoms with Gasteiger partial charge in [-0.1, -0.05) is 15.9 Å². The van der Waals surface area contributed by atoms with Crippen molar-refractivity contribution in [2.45, 2.75) is 4.90 Å². The topological polar surface area (TPSA) is 81.4 Å². The molecule has 2 rings (SSSR count). The lowest BCUT2D eigenvalue weighted by Crippen LogP contribution is -2.15. The van der Waals surface area contributed by atoms with Crippen LogP contribution in [0.4, 0.5) is 15.8 Å². The average Bonchev–Trinajstić information content (AvgIpc) is 2.40. The zero-order valence-corrected chi connectivity index (χ0v) is 13.3. The predicted molar refractivity (Wildman–Crippen MR) is 82.3 cm³/mol. The first-order valence-electron chi connectivity index (χ1n) is 5.75. The molecule has 0 bridgehead atoms. The van der Waals surface area contributed by atoms with Gasteiger partial charge in [0.25, 0.3) is 10.0 Å². The zero-order valence-electron chi connectivity index (χ0n) is 10.9. The van der Waals surface area contributed by atoms with Gasteiger partial charge in [-0.05, 0) is 30.3 Å². The van der Waals surface area contributed by atoms with Crippen molar-refractivity contribution >= 4 is 37.3 Å². The lowest BCUT2D eigenvalue weighted by molar-refractivity contribution is 0.415. The van der Waals surface area contributed by atoms with E-state index in [1.54, 1.807) is 6.07 Å². The molecule has 0 saturated carbocycles. The maximum atomic E-state index is 13.8. The van der Waals surface area contributed by atoms with Gasteiger partial charge in [0.2, 0.25) is 0 Å². The fraction of sp³-hybridized carbons (Fsp3) is 0.0769. The molecule has 21 heavy (non-hydrogen) atoms. The highest BCUT2D eigenvalue weighted by molar-refractivity contribution is 9.10. The molecule has 0 saturated heterocycles. The van der Waals surface area contributed by atoms with E-state index in [4.69, 9.17) is 10.5 Å². The molecule has 2 aromatic rings. The second kappa shape index (κ2) is 5.90. The first kappa shape index (κ1) is 15.6. The van der Waals surface area contributed by atoms with E-state index in [1.807, 2.05) is 0 Å². The van der Waals surface area contributed by atoms with Crippen molar-refractivity contribution in [2.75, 3.05) is 17.6 Å². The Labute approximate surface area is 130 Å². The molecule has 0 heterocycles. The van der Waals surface area contributed by atoms with Crippen LogP contribution in [0.5, 0.6) is 5.75 Å². The number of methoxy groups -OCH3 is 1. The quantitative estimate of drug-likeness (QED) is 0.806. The average molecular weight is 375 g/mol. The molecule has 0 aliphatic rings. The van der Waals surface area contributed by atoms with Gasteiger partial charge in [0.15, 0.2) is 0 Å². The Morgan fingerprint density at radius 2 is 1.95 bits per heavy atom. The summed E-state index contributed by atoms with van der Waals surface area (Å²) >= 11 is 3.07. The van der Waals surface area contributed by atoms with Crippen LogP contribution < -0.4 is 15.2 Å². The van der Waals surface area contributed by atoms with Crippen molar-refractivity contribution in [3.05, 3.63) is 46.7 Å². The van der Waals surface area contributed by atoms with Crippen molar-refractivity contribution in [1.29, 1.82) is 0 Å². The number of nitrogens with two attached hydrogens (primary N) is 1. The molecule has 3 N–H and O–H groups in total. The number of rotatable bonds is 4. The Balaban J connectivity index is 2.37. The summed E-state index contributed by atoms with van der Waals surface area (Å²) in [5.74, 6) is -0.366. The highest BCUT2D eigenvalue weighted by Crippen LogP contribution is 2.27. The summed E-state index contributed by atoms with van der Waals surface area (Å²) in [5, 5.41) is 0. The van der Waals surface area contributed by atoms with Gasteiger partial charge in [-0.25, -0.2) is 12.8 Å². The minimum absolute atomic E-state index is 0.151. The fourth-order valence-corrected chi connectivity index (χ4v) is 3.13. The van der Waals surface area contributed by atoms with Crippen LogP contribution in [0.15, 0.2) is 45.8 Å². The SMILES string of the molecule is COc1ccc(NS(=O)(=O)c2ccc(Br)cc2F)c(N)c1. The van der Waals surface area contributed by atoms with Crippen molar-refractivity contribution in [3.8, 4) is 5.75 Å². The van der Waals surface area contributed by atoms with Gasteiger partial charge < -0.3 is 10.5 Å². The second-order valence-corrected chi connectivity index (χ2v) is 6.70. The Hall–Kier alpha value is -1.80. The van der Waals surface area contributed by atoms with Crippen LogP contribution in [0.3, 0.4) is 0 Å². The summed E-state index contributed by atoms with van der Waals surface area (Å²) in [7, 11) is -2.60. The molecule has 5 nitrogen and oxygen atoms in total. The van der Waals surface area contributed by atoms with Gasteiger partial charge in [0.1, 0.15) is 16.5 Å². The third-order valence-electron chi connectivity index (χ3n) is 2.69. The third-order valence-corrected chi connectivity index (χ3v) is 4.58. The molecule has 0 aliphatic heterocycles. The molecule has 0 amide bonds. The van der Waals surface area contributed by atoms with Crippen molar-refractivity contribution in [2.24, 2.45) is 0 Å². The van der Waals surface area contributed by atoms with Gasteiger partial charge in [0, 0.05) is 10.5 Å². The minimum atomic E-state index is -4.07. The second-order valence-electron chi connectivity index (χ2n) is 4.13. The molecular formula is C13H12BrFN2O3S. The Morgan fingerprint density at radius 1 is 1.24 bits per heavy atom. The molecule has 0 fully saturated rings. The number of anilines is 2. The molecule has 0 aromatic heterocycles. The van der Waals surface area contributed by atoms with E-state index in [9.17, 15) is 12.8 Å². The van der Waals surface area contributed by atoms with E-state index >= 15 is 0 Å². The van der Waals surface area contributed by atoms with Gasteiger partial charge in [0.05, 0.1) is 18.5 Å². The Morgan fingerprint density at radius 3 is 2.52 bits per heavy atom. The fourth-order valence-electron chi connectivity index (χ4n) is 1.65. The van der Waals surface area contributed by atoms with E-state index in [0.717, 1.165) is 6.07 Å². The van der Waals surface area contributed by atoms with Crippen LogP contribution >= 0.6 is 15.9 Å². The van der Waals surface area contributed by atoms with Crippen LogP contribution in [0, 0.1) is 5.82 Å². The van der Waals surface area contributed by atoms with Crippen LogP contribution in [0.25, 0.3) is 0 Å². The molecule has 8 heteroatoms. The predicted octanol–water partition coefficient (Wildman–Crippen LogP) is 2.98. The van der Waals surface area contributed by atoms with Gasteiger partial charge >= 0.3 is 0 Å². The minimum Gasteiger partial charge on any atom is -0.497 e. The maximum absolute atomic E-state index is 13.8. The van der Waals surface area contributed by atoms with E-state index in [1.165, 1.54) is 31.4 Å². The van der Waals surface area contributed by atoms with Crippen molar-refractivity contribution < 1.29 is 17.5 Å². The van der Waals surface area contributed by atoms with Crippen LogP contribution in [0.1, 0.15) is 0 Å². The van der Waals surface area contributed by atoms with Crippen molar-refractivity contribution in [3.63, 3.8) is 0 Å². The van der Waals surface area contributed by atoms with Gasteiger partial charge in [-0.3, -0.25) is 4.72 Å². The lowest BCUT2D eigenvalue weighted by Gasteiger charge is -2.12. The summed E-state index contributed by atoms with van der Waals surface area (Å²) in [5.41, 5.74) is 6.06. The molecule has 0 radical (unpaired) electrons. The lowest BCUT2D eigenvalue weighted by atomic mass is 10.2. The molecule has 0 aliphatic carbocycles. The maximum Gasteiger partial charge on any atom is 0.264 e. The van der Waals surface area contributed by atoms with E-state index in [0.29, 0.717) is 10.2 Å². The number of benzene rings is 2. The van der Waals surface area contributed by atoms with E-state index in [-0.39, 0.29) is 11.4 Å².